The largest absolute Gasteiger partial charge is 0.355 e. The van der Waals surface area contributed by atoms with Gasteiger partial charge in [-0.05, 0) is 55.8 Å². The summed E-state index contributed by atoms with van der Waals surface area (Å²) >= 11 is 0. The number of aromatic amines is 1. The lowest BCUT2D eigenvalue weighted by molar-refractivity contribution is 0.669. The van der Waals surface area contributed by atoms with Crippen molar-refractivity contribution < 1.29 is 0 Å². The Morgan fingerprint density at radius 2 is 1.83 bits per heavy atom. The smallest absolute Gasteiger partial charge is 0.0945 e. The zero-order valence-electron chi connectivity index (χ0n) is 16.6. The van der Waals surface area contributed by atoms with Crippen LogP contribution in [0.5, 0.6) is 0 Å². The Kier molecular flexibility index (Phi) is 4.24. The number of aromatic nitrogens is 4. The van der Waals surface area contributed by atoms with Gasteiger partial charge in [0, 0.05) is 52.2 Å². The van der Waals surface area contributed by atoms with E-state index in [2.05, 4.69) is 83.1 Å². The van der Waals surface area contributed by atoms with Crippen LogP contribution in [0.2, 0.25) is 0 Å². The van der Waals surface area contributed by atoms with Crippen LogP contribution in [0.1, 0.15) is 12.5 Å². The SMILES string of the molecule is CCn1nc(-c2cccnc2)cc1-c1ccc2[nH]c(-c3ccccc3C)cc2c1. The predicted molar refractivity (Wildman–Crippen MR) is 119 cm³/mol. The third kappa shape index (κ3) is 3.13. The number of hydrogen-bond acceptors (Lipinski definition) is 2. The van der Waals surface area contributed by atoms with Crippen molar-refractivity contribution in [3.8, 4) is 33.8 Å². The molecule has 29 heavy (non-hydrogen) atoms. The topological polar surface area (TPSA) is 46.5 Å². The molecule has 0 unspecified atom stereocenters. The summed E-state index contributed by atoms with van der Waals surface area (Å²) in [5.41, 5.74) is 9.06. The number of hydrogen-bond donors (Lipinski definition) is 1. The summed E-state index contributed by atoms with van der Waals surface area (Å²) < 4.78 is 2.05. The fourth-order valence-corrected chi connectivity index (χ4v) is 3.86. The first-order valence-corrected chi connectivity index (χ1v) is 9.90. The van der Waals surface area contributed by atoms with E-state index in [0.717, 1.165) is 40.3 Å². The van der Waals surface area contributed by atoms with Gasteiger partial charge in [0.1, 0.15) is 0 Å². The van der Waals surface area contributed by atoms with Crippen LogP contribution in [0.15, 0.2) is 79.1 Å². The Bertz CT molecular complexity index is 1300. The summed E-state index contributed by atoms with van der Waals surface area (Å²) in [5, 5.41) is 5.99. The van der Waals surface area contributed by atoms with Crippen LogP contribution in [0.3, 0.4) is 0 Å². The van der Waals surface area contributed by atoms with E-state index in [9.17, 15) is 0 Å². The molecule has 1 N–H and O–H groups in total. The van der Waals surface area contributed by atoms with Crippen molar-refractivity contribution in [3.05, 3.63) is 84.7 Å². The molecule has 0 aliphatic heterocycles. The van der Waals surface area contributed by atoms with Crippen LogP contribution < -0.4 is 0 Å². The van der Waals surface area contributed by atoms with Crippen LogP contribution in [0.25, 0.3) is 44.7 Å². The summed E-state index contributed by atoms with van der Waals surface area (Å²) in [5.74, 6) is 0. The standard InChI is InChI=1S/C25H22N4/c1-3-29-25(15-23(28-29)19-8-6-12-26-16-19)18-10-11-22-20(13-18)14-24(27-22)21-9-5-4-7-17(21)2/h4-16,27H,3H2,1-2H3. The summed E-state index contributed by atoms with van der Waals surface area (Å²) in [7, 11) is 0. The Balaban J connectivity index is 1.59. The first kappa shape index (κ1) is 17.4. The maximum atomic E-state index is 4.79. The fourth-order valence-electron chi connectivity index (χ4n) is 3.86. The summed E-state index contributed by atoms with van der Waals surface area (Å²) in [4.78, 5) is 7.79. The normalized spacial score (nSPS) is 11.2. The molecule has 0 aliphatic carbocycles. The second-order valence-electron chi connectivity index (χ2n) is 7.27. The van der Waals surface area contributed by atoms with Gasteiger partial charge in [-0.1, -0.05) is 30.3 Å². The molecule has 2 aromatic carbocycles. The lowest BCUT2D eigenvalue weighted by Crippen LogP contribution is -1.99. The number of aryl methyl sites for hydroxylation is 2. The van der Waals surface area contributed by atoms with Crippen molar-refractivity contribution in [2.24, 2.45) is 0 Å². The molecule has 3 heterocycles. The quantitative estimate of drug-likeness (QED) is 0.411. The molecule has 0 bridgehead atoms. The third-order valence-electron chi connectivity index (χ3n) is 5.39. The van der Waals surface area contributed by atoms with Gasteiger partial charge < -0.3 is 4.98 Å². The number of benzene rings is 2. The molecule has 0 atom stereocenters. The third-order valence-corrected chi connectivity index (χ3v) is 5.39. The van der Waals surface area contributed by atoms with Crippen LogP contribution in [0.4, 0.5) is 0 Å². The first-order valence-electron chi connectivity index (χ1n) is 9.90. The summed E-state index contributed by atoms with van der Waals surface area (Å²) in [6.07, 6.45) is 3.64. The minimum absolute atomic E-state index is 0.815. The molecule has 5 aromatic rings. The van der Waals surface area contributed by atoms with Crippen molar-refractivity contribution in [2.45, 2.75) is 20.4 Å². The van der Waals surface area contributed by atoms with Crippen molar-refractivity contribution >= 4 is 10.9 Å². The molecule has 3 aromatic heterocycles. The zero-order valence-corrected chi connectivity index (χ0v) is 16.6. The summed E-state index contributed by atoms with van der Waals surface area (Å²) in [6.45, 7) is 5.08. The number of rotatable bonds is 4. The van der Waals surface area contributed by atoms with Crippen molar-refractivity contribution in [3.63, 3.8) is 0 Å². The van der Waals surface area contributed by atoms with Gasteiger partial charge in [-0.15, -0.1) is 0 Å². The molecule has 0 spiro atoms. The van der Waals surface area contributed by atoms with Gasteiger partial charge in [0.25, 0.3) is 0 Å². The molecular formula is C25H22N4. The second kappa shape index (κ2) is 7.06. The molecule has 4 nitrogen and oxygen atoms in total. The molecule has 0 fully saturated rings. The minimum atomic E-state index is 0.815. The maximum Gasteiger partial charge on any atom is 0.0945 e. The molecule has 0 aliphatic rings. The average molecular weight is 378 g/mol. The first-order chi connectivity index (χ1) is 14.2. The molecule has 142 valence electrons. The Morgan fingerprint density at radius 1 is 0.931 bits per heavy atom. The predicted octanol–water partition coefficient (Wildman–Crippen LogP) is 6.09. The Labute approximate surface area is 169 Å². The molecule has 0 amide bonds. The Morgan fingerprint density at radius 3 is 2.62 bits per heavy atom. The van der Waals surface area contributed by atoms with E-state index in [4.69, 9.17) is 5.10 Å². The van der Waals surface area contributed by atoms with Gasteiger partial charge >= 0.3 is 0 Å². The van der Waals surface area contributed by atoms with Gasteiger partial charge in [0.05, 0.1) is 11.4 Å². The van der Waals surface area contributed by atoms with Crippen LogP contribution in [-0.4, -0.2) is 19.7 Å². The zero-order chi connectivity index (χ0) is 19.8. The van der Waals surface area contributed by atoms with Crippen LogP contribution in [-0.2, 0) is 6.54 Å². The average Bonchev–Trinajstić information content (AvgIpc) is 3.38. The minimum Gasteiger partial charge on any atom is -0.355 e. The van der Waals surface area contributed by atoms with E-state index in [0.29, 0.717) is 0 Å². The van der Waals surface area contributed by atoms with Gasteiger partial charge in [0.15, 0.2) is 0 Å². The number of nitrogens with zero attached hydrogens (tertiary/aromatic N) is 3. The van der Waals surface area contributed by atoms with E-state index >= 15 is 0 Å². The lowest BCUT2D eigenvalue weighted by Gasteiger charge is -2.04. The molecule has 4 heteroatoms. The molecule has 0 radical (unpaired) electrons. The molecular weight excluding hydrogens is 356 g/mol. The van der Waals surface area contributed by atoms with Gasteiger partial charge in [0.2, 0.25) is 0 Å². The van der Waals surface area contributed by atoms with E-state index in [-0.39, 0.29) is 0 Å². The summed E-state index contributed by atoms with van der Waals surface area (Å²) in [6, 6.07) is 23.4. The highest BCUT2D eigenvalue weighted by Crippen LogP contribution is 2.31. The van der Waals surface area contributed by atoms with Crippen molar-refractivity contribution in [1.29, 1.82) is 0 Å². The van der Waals surface area contributed by atoms with E-state index in [1.807, 2.05) is 18.3 Å². The fraction of sp³-hybridized carbons (Fsp3) is 0.120. The highest BCUT2D eigenvalue weighted by Gasteiger charge is 2.12. The van der Waals surface area contributed by atoms with Gasteiger partial charge in [-0.2, -0.15) is 5.10 Å². The molecule has 0 saturated carbocycles. The van der Waals surface area contributed by atoms with Gasteiger partial charge in [-0.3, -0.25) is 9.67 Å². The maximum absolute atomic E-state index is 4.79. The second-order valence-corrected chi connectivity index (χ2v) is 7.27. The molecule has 0 saturated heterocycles. The monoisotopic (exact) mass is 378 g/mol. The number of pyridine rings is 1. The van der Waals surface area contributed by atoms with E-state index in [1.165, 1.54) is 16.5 Å². The van der Waals surface area contributed by atoms with Gasteiger partial charge in [-0.25, -0.2) is 0 Å². The Hall–Kier alpha value is -3.66. The lowest BCUT2D eigenvalue weighted by atomic mass is 10.1. The number of nitrogens with one attached hydrogen (secondary N) is 1. The highest BCUT2D eigenvalue weighted by atomic mass is 15.3. The molecule has 5 rings (SSSR count). The van der Waals surface area contributed by atoms with Crippen LogP contribution in [0, 0.1) is 6.92 Å². The van der Waals surface area contributed by atoms with Crippen molar-refractivity contribution in [1.82, 2.24) is 19.7 Å². The highest BCUT2D eigenvalue weighted by molar-refractivity contribution is 5.90. The van der Waals surface area contributed by atoms with Crippen LogP contribution >= 0.6 is 0 Å². The van der Waals surface area contributed by atoms with E-state index in [1.54, 1.807) is 6.20 Å². The van der Waals surface area contributed by atoms with E-state index < -0.39 is 0 Å². The number of fused-ring (bicyclic) bond motifs is 1. The number of H-pyrrole nitrogens is 1. The van der Waals surface area contributed by atoms with Crippen molar-refractivity contribution in [2.75, 3.05) is 0 Å².